The third-order valence-electron chi connectivity index (χ3n) is 4.65. The van der Waals surface area contributed by atoms with Crippen LogP contribution in [-0.2, 0) is 11.2 Å². The minimum Gasteiger partial charge on any atom is -0.366 e. The number of primary amides is 1. The van der Waals surface area contributed by atoms with E-state index in [1.165, 1.54) is 30.5 Å². The van der Waals surface area contributed by atoms with E-state index < -0.39 is 5.91 Å². The summed E-state index contributed by atoms with van der Waals surface area (Å²) in [5.74, 6) is -1.32. The van der Waals surface area contributed by atoms with Gasteiger partial charge in [-0.3, -0.25) is 19.4 Å². The van der Waals surface area contributed by atoms with Gasteiger partial charge in [-0.25, -0.2) is 4.39 Å². The predicted molar refractivity (Wildman–Crippen MR) is 100.0 cm³/mol. The number of amides is 3. The summed E-state index contributed by atoms with van der Waals surface area (Å²) in [4.78, 5) is 43.6. The zero-order valence-corrected chi connectivity index (χ0v) is 15.3. The van der Waals surface area contributed by atoms with Crippen molar-refractivity contribution in [3.8, 4) is 0 Å². The summed E-state index contributed by atoms with van der Waals surface area (Å²) in [7, 11) is 0. The lowest BCUT2D eigenvalue weighted by atomic mass is 10.1. The summed E-state index contributed by atoms with van der Waals surface area (Å²) in [5, 5.41) is 0. The summed E-state index contributed by atoms with van der Waals surface area (Å²) in [6.07, 6.45) is 2.05. The minimum absolute atomic E-state index is 0.0937. The van der Waals surface area contributed by atoms with Crippen LogP contribution in [0.25, 0.3) is 0 Å². The Bertz CT molecular complexity index is 885. The second kappa shape index (κ2) is 8.60. The van der Waals surface area contributed by atoms with Gasteiger partial charge in [-0.05, 0) is 36.2 Å². The summed E-state index contributed by atoms with van der Waals surface area (Å²) >= 11 is 0. The first-order valence-electron chi connectivity index (χ1n) is 9.01. The van der Waals surface area contributed by atoms with E-state index in [-0.39, 0.29) is 35.3 Å². The maximum absolute atomic E-state index is 13.3. The van der Waals surface area contributed by atoms with Crippen LogP contribution in [0.15, 0.2) is 42.6 Å². The van der Waals surface area contributed by atoms with Crippen molar-refractivity contribution in [2.24, 2.45) is 5.73 Å². The van der Waals surface area contributed by atoms with Gasteiger partial charge in [0, 0.05) is 32.4 Å². The molecule has 0 radical (unpaired) electrons. The monoisotopic (exact) mass is 384 g/mol. The Balaban J connectivity index is 1.60. The Hall–Kier alpha value is -3.29. The average Bonchev–Trinajstić information content (AvgIpc) is 2.94. The molecule has 0 bridgehead atoms. The SMILES string of the molecule is NC(=O)c1ccc(C(=O)N2CCCN(C(=O)Cc3cccc(F)c3)CC2)nc1. The fourth-order valence-electron chi connectivity index (χ4n) is 3.13. The average molecular weight is 384 g/mol. The van der Waals surface area contributed by atoms with Gasteiger partial charge in [0.15, 0.2) is 0 Å². The molecule has 8 heteroatoms. The standard InChI is InChI=1S/C20H21FN4O3/c21-16-4-1-3-14(11-16)12-18(26)24-7-2-8-25(10-9-24)20(28)17-6-5-15(13-23-17)19(22)27/h1,3-6,11,13H,2,7-10,12H2,(H2,22,27). The van der Waals surface area contributed by atoms with E-state index in [2.05, 4.69) is 4.98 Å². The van der Waals surface area contributed by atoms with Gasteiger partial charge in [0.1, 0.15) is 11.5 Å². The number of benzene rings is 1. The zero-order chi connectivity index (χ0) is 20.1. The van der Waals surface area contributed by atoms with Crippen molar-refractivity contribution in [2.75, 3.05) is 26.2 Å². The van der Waals surface area contributed by atoms with Crippen molar-refractivity contribution in [1.29, 1.82) is 0 Å². The Morgan fingerprint density at radius 3 is 2.46 bits per heavy atom. The second-order valence-electron chi connectivity index (χ2n) is 6.63. The maximum atomic E-state index is 13.3. The Kier molecular flexibility index (Phi) is 5.98. The highest BCUT2D eigenvalue weighted by Gasteiger charge is 2.23. The first-order valence-corrected chi connectivity index (χ1v) is 9.01. The predicted octanol–water partition coefficient (Wildman–Crippen LogP) is 1.24. The molecule has 0 unspecified atom stereocenters. The Morgan fingerprint density at radius 1 is 1.04 bits per heavy atom. The van der Waals surface area contributed by atoms with E-state index in [1.54, 1.807) is 21.9 Å². The van der Waals surface area contributed by atoms with Crippen LogP contribution in [0.1, 0.15) is 32.8 Å². The molecule has 7 nitrogen and oxygen atoms in total. The van der Waals surface area contributed by atoms with Crippen molar-refractivity contribution in [2.45, 2.75) is 12.8 Å². The second-order valence-corrected chi connectivity index (χ2v) is 6.63. The van der Waals surface area contributed by atoms with Crippen molar-refractivity contribution >= 4 is 17.7 Å². The van der Waals surface area contributed by atoms with Gasteiger partial charge >= 0.3 is 0 Å². The molecule has 2 aromatic rings. The van der Waals surface area contributed by atoms with E-state index in [0.29, 0.717) is 38.2 Å². The smallest absolute Gasteiger partial charge is 0.272 e. The number of hydrogen-bond donors (Lipinski definition) is 1. The van der Waals surface area contributed by atoms with Gasteiger partial charge in [0.2, 0.25) is 11.8 Å². The van der Waals surface area contributed by atoms with Crippen LogP contribution in [0.4, 0.5) is 4.39 Å². The summed E-state index contributed by atoms with van der Waals surface area (Å²) in [5.41, 5.74) is 6.27. The highest BCUT2D eigenvalue weighted by Crippen LogP contribution is 2.11. The maximum Gasteiger partial charge on any atom is 0.272 e. The number of pyridine rings is 1. The Labute approximate surface area is 161 Å². The number of nitrogens with two attached hydrogens (primary N) is 1. The van der Waals surface area contributed by atoms with Gasteiger partial charge < -0.3 is 15.5 Å². The topological polar surface area (TPSA) is 96.6 Å². The zero-order valence-electron chi connectivity index (χ0n) is 15.3. The van der Waals surface area contributed by atoms with Crippen molar-refractivity contribution in [3.63, 3.8) is 0 Å². The first-order chi connectivity index (χ1) is 13.4. The molecule has 1 saturated heterocycles. The lowest BCUT2D eigenvalue weighted by molar-refractivity contribution is -0.130. The molecular weight excluding hydrogens is 363 g/mol. The van der Waals surface area contributed by atoms with Crippen LogP contribution in [0.3, 0.4) is 0 Å². The summed E-state index contributed by atoms with van der Waals surface area (Å²) in [6.45, 7) is 1.82. The summed E-state index contributed by atoms with van der Waals surface area (Å²) < 4.78 is 13.3. The molecule has 1 aromatic carbocycles. The van der Waals surface area contributed by atoms with Crippen LogP contribution < -0.4 is 5.73 Å². The fraction of sp³-hybridized carbons (Fsp3) is 0.300. The van der Waals surface area contributed by atoms with Crippen molar-refractivity contribution < 1.29 is 18.8 Å². The van der Waals surface area contributed by atoms with Crippen LogP contribution in [0, 0.1) is 5.82 Å². The van der Waals surface area contributed by atoms with Gasteiger partial charge in [-0.2, -0.15) is 0 Å². The molecule has 1 aliphatic rings. The van der Waals surface area contributed by atoms with Gasteiger partial charge in [-0.1, -0.05) is 12.1 Å². The molecule has 3 rings (SSSR count). The quantitative estimate of drug-likeness (QED) is 0.858. The lowest BCUT2D eigenvalue weighted by Gasteiger charge is -2.22. The lowest BCUT2D eigenvalue weighted by Crippen LogP contribution is -2.38. The number of rotatable bonds is 4. The van der Waals surface area contributed by atoms with Crippen LogP contribution >= 0.6 is 0 Å². The number of halogens is 1. The van der Waals surface area contributed by atoms with E-state index in [1.807, 2.05) is 0 Å². The molecule has 1 aliphatic heterocycles. The van der Waals surface area contributed by atoms with E-state index in [0.717, 1.165) is 0 Å². The summed E-state index contributed by atoms with van der Waals surface area (Å²) in [6, 6.07) is 8.93. The molecule has 0 aliphatic carbocycles. The number of aromatic nitrogens is 1. The fourth-order valence-corrected chi connectivity index (χ4v) is 3.13. The van der Waals surface area contributed by atoms with Gasteiger partial charge in [0.05, 0.1) is 12.0 Å². The molecule has 28 heavy (non-hydrogen) atoms. The highest BCUT2D eigenvalue weighted by atomic mass is 19.1. The number of hydrogen-bond acceptors (Lipinski definition) is 4. The van der Waals surface area contributed by atoms with E-state index >= 15 is 0 Å². The van der Waals surface area contributed by atoms with Crippen LogP contribution in [-0.4, -0.2) is 58.7 Å². The van der Waals surface area contributed by atoms with Gasteiger partial charge in [0.25, 0.3) is 5.91 Å². The molecule has 1 fully saturated rings. The van der Waals surface area contributed by atoms with Crippen molar-refractivity contribution in [3.05, 3.63) is 65.2 Å². The molecule has 1 aromatic heterocycles. The molecule has 0 atom stereocenters. The number of carbonyl (C=O) groups is 3. The normalized spacial score (nSPS) is 14.5. The van der Waals surface area contributed by atoms with E-state index in [4.69, 9.17) is 5.73 Å². The third-order valence-corrected chi connectivity index (χ3v) is 4.65. The number of nitrogens with zero attached hydrogens (tertiary/aromatic N) is 3. The molecule has 146 valence electrons. The van der Waals surface area contributed by atoms with Crippen LogP contribution in [0.2, 0.25) is 0 Å². The van der Waals surface area contributed by atoms with E-state index in [9.17, 15) is 18.8 Å². The molecule has 2 heterocycles. The number of carbonyl (C=O) groups excluding carboxylic acids is 3. The minimum atomic E-state index is -0.603. The van der Waals surface area contributed by atoms with Gasteiger partial charge in [-0.15, -0.1) is 0 Å². The Morgan fingerprint density at radius 2 is 1.79 bits per heavy atom. The molecular formula is C20H21FN4O3. The molecule has 3 amide bonds. The largest absolute Gasteiger partial charge is 0.366 e. The first kappa shape index (κ1) is 19.5. The molecule has 0 saturated carbocycles. The van der Waals surface area contributed by atoms with Crippen LogP contribution in [0.5, 0.6) is 0 Å². The third kappa shape index (κ3) is 4.70. The van der Waals surface area contributed by atoms with Crippen molar-refractivity contribution in [1.82, 2.24) is 14.8 Å². The highest BCUT2D eigenvalue weighted by molar-refractivity contribution is 5.95. The molecule has 0 spiro atoms. The molecule has 2 N–H and O–H groups in total.